The van der Waals surface area contributed by atoms with Crippen LogP contribution in [0.5, 0.6) is 11.5 Å². The van der Waals surface area contributed by atoms with E-state index < -0.39 is 0 Å². The fourth-order valence-electron chi connectivity index (χ4n) is 3.14. The minimum absolute atomic E-state index is 0. The largest absolute Gasteiger partial charge is 0.454 e. The summed E-state index contributed by atoms with van der Waals surface area (Å²) >= 11 is 0. The molecule has 152 valence electrons. The van der Waals surface area contributed by atoms with Crippen molar-refractivity contribution in [3.63, 3.8) is 0 Å². The van der Waals surface area contributed by atoms with Crippen LogP contribution in [-0.4, -0.2) is 73.5 Å². The van der Waals surface area contributed by atoms with Gasteiger partial charge in [0.1, 0.15) is 0 Å². The lowest BCUT2D eigenvalue weighted by molar-refractivity contribution is 0.170. The first-order valence-electron chi connectivity index (χ1n) is 9.44. The Morgan fingerprint density at radius 1 is 1.22 bits per heavy atom. The number of nitrogens with one attached hydrogen (secondary N) is 1. The van der Waals surface area contributed by atoms with E-state index in [1.165, 1.54) is 5.56 Å². The minimum Gasteiger partial charge on any atom is -0.454 e. The van der Waals surface area contributed by atoms with Gasteiger partial charge in [0.05, 0.1) is 0 Å². The van der Waals surface area contributed by atoms with Crippen LogP contribution in [0.3, 0.4) is 0 Å². The Hall–Kier alpha value is -1.26. The fourth-order valence-corrected chi connectivity index (χ4v) is 3.14. The van der Waals surface area contributed by atoms with Gasteiger partial charge in [0.2, 0.25) is 6.79 Å². The Morgan fingerprint density at radius 3 is 2.67 bits per heavy atom. The van der Waals surface area contributed by atoms with Crippen LogP contribution in [0, 0.1) is 5.92 Å². The van der Waals surface area contributed by atoms with Gasteiger partial charge in [-0.2, -0.15) is 0 Å². The summed E-state index contributed by atoms with van der Waals surface area (Å²) in [5.74, 6) is 2.83. The van der Waals surface area contributed by atoms with Crippen molar-refractivity contribution in [2.24, 2.45) is 10.9 Å². The van der Waals surface area contributed by atoms with Gasteiger partial charge in [0.25, 0.3) is 0 Å². The molecule has 0 amide bonds. The SMILES string of the molecule is CCNC(=NCC(C)CO)N1CCN(Cc2ccc3c(c2)OCO3)CC1.I. The molecular weight excluding hydrogens is 459 g/mol. The zero-order chi connectivity index (χ0) is 18.4. The van der Waals surface area contributed by atoms with Gasteiger partial charge in [-0.05, 0) is 30.5 Å². The molecule has 2 aliphatic rings. The highest BCUT2D eigenvalue weighted by atomic mass is 127. The number of piperazine rings is 1. The van der Waals surface area contributed by atoms with Gasteiger partial charge >= 0.3 is 0 Å². The number of guanidine groups is 1. The molecule has 0 spiro atoms. The number of halogens is 1. The Kier molecular flexibility index (Phi) is 8.91. The maximum absolute atomic E-state index is 9.19. The molecule has 0 saturated carbocycles. The van der Waals surface area contributed by atoms with Gasteiger partial charge < -0.3 is 24.8 Å². The van der Waals surface area contributed by atoms with Gasteiger partial charge in [-0.1, -0.05) is 13.0 Å². The normalized spacial score (nSPS) is 18.2. The standard InChI is InChI=1S/C19H30N4O3.HI/c1-3-20-19(21-11-15(2)13-24)23-8-6-22(7-9-23)12-16-4-5-17-18(10-16)26-14-25-17;/h4-5,10,15,24H,3,6-9,11-14H2,1-2H3,(H,20,21);1H. The number of aliphatic hydroxyl groups is 1. The molecule has 3 rings (SSSR count). The van der Waals surface area contributed by atoms with E-state index in [1.807, 2.05) is 13.0 Å². The summed E-state index contributed by atoms with van der Waals surface area (Å²) < 4.78 is 10.8. The number of nitrogens with zero attached hydrogens (tertiary/aromatic N) is 3. The lowest BCUT2D eigenvalue weighted by atomic mass is 10.1. The van der Waals surface area contributed by atoms with Crippen LogP contribution in [0.1, 0.15) is 19.4 Å². The molecule has 0 aliphatic carbocycles. The maximum Gasteiger partial charge on any atom is 0.231 e. The maximum atomic E-state index is 9.19. The van der Waals surface area contributed by atoms with Crippen molar-refractivity contribution in [2.75, 3.05) is 52.7 Å². The van der Waals surface area contributed by atoms with Crippen molar-refractivity contribution in [1.29, 1.82) is 0 Å². The van der Waals surface area contributed by atoms with E-state index in [4.69, 9.17) is 9.47 Å². The lowest BCUT2D eigenvalue weighted by Gasteiger charge is -2.36. The molecule has 1 fully saturated rings. The summed E-state index contributed by atoms with van der Waals surface area (Å²) in [6, 6.07) is 6.18. The summed E-state index contributed by atoms with van der Waals surface area (Å²) in [7, 11) is 0. The fraction of sp³-hybridized carbons (Fsp3) is 0.632. The smallest absolute Gasteiger partial charge is 0.231 e. The zero-order valence-corrected chi connectivity index (χ0v) is 18.5. The first kappa shape index (κ1) is 22.0. The van der Waals surface area contributed by atoms with Crippen molar-refractivity contribution >= 4 is 29.9 Å². The predicted octanol–water partition coefficient (Wildman–Crippen LogP) is 1.74. The van der Waals surface area contributed by atoms with E-state index in [9.17, 15) is 5.11 Å². The molecular formula is C19H31IN4O3. The highest BCUT2D eigenvalue weighted by Gasteiger charge is 2.21. The van der Waals surface area contributed by atoms with Crippen LogP contribution in [0.15, 0.2) is 23.2 Å². The van der Waals surface area contributed by atoms with E-state index in [1.54, 1.807) is 0 Å². The van der Waals surface area contributed by atoms with Crippen molar-refractivity contribution in [1.82, 2.24) is 15.1 Å². The van der Waals surface area contributed by atoms with Crippen LogP contribution in [-0.2, 0) is 6.54 Å². The van der Waals surface area contributed by atoms with Crippen molar-refractivity contribution < 1.29 is 14.6 Å². The monoisotopic (exact) mass is 490 g/mol. The Morgan fingerprint density at radius 2 is 1.96 bits per heavy atom. The summed E-state index contributed by atoms with van der Waals surface area (Å²) in [4.78, 5) is 9.44. The van der Waals surface area contributed by atoms with E-state index in [2.05, 4.69) is 39.2 Å². The Balaban J connectivity index is 0.00000261. The number of fused-ring (bicyclic) bond motifs is 1. The van der Waals surface area contributed by atoms with Gasteiger partial charge in [0, 0.05) is 52.4 Å². The van der Waals surface area contributed by atoms with Gasteiger partial charge in [-0.15, -0.1) is 24.0 Å². The molecule has 2 aliphatic heterocycles. The van der Waals surface area contributed by atoms with E-state index in [0.717, 1.165) is 56.7 Å². The van der Waals surface area contributed by atoms with Crippen molar-refractivity contribution in [2.45, 2.75) is 20.4 Å². The van der Waals surface area contributed by atoms with E-state index >= 15 is 0 Å². The van der Waals surface area contributed by atoms with Crippen LogP contribution in [0.2, 0.25) is 0 Å². The number of benzene rings is 1. The number of aliphatic hydroxyl groups excluding tert-OH is 1. The topological polar surface area (TPSA) is 69.6 Å². The summed E-state index contributed by atoms with van der Waals surface area (Å²) in [6.45, 7) is 10.9. The molecule has 7 nitrogen and oxygen atoms in total. The first-order chi connectivity index (χ1) is 12.7. The van der Waals surface area contributed by atoms with Gasteiger partial charge in [-0.25, -0.2) is 0 Å². The second kappa shape index (κ2) is 10.9. The molecule has 1 atom stereocenters. The quantitative estimate of drug-likeness (QED) is 0.360. The van der Waals surface area contributed by atoms with E-state index in [-0.39, 0.29) is 36.5 Å². The number of hydrogen-bond acceptors (Lipinski definition) is 5. The van der Waals surface area contributed by atoms with Crippen LogP contribution >= 0.6 is 24.0 Å². The third-order valence-corrected chi connectivity index (χ3v) is 4.71. The summed E-state index contributed by atoms with van der Waals surface area (Å²) in [5, 5.41) is 12.6. The van der Waals surface area contributed by atoms with Gasteiger partial charge in [0.15, 0.2) is 17.5 Å². The van der Waals surface area contributed by atoms with Crippen LogP contribution in [0.4, 0.5) is 0 Å². The highest BCUT2D eigenvalue weighted by Crippen LogP contribution is 2.32. The molecule has 2 heterocycles. The van der Waals surface area contributed by atoms with Crippen LogP contribution in [0.25, 0.3) is 0 Å². The lowest BCUT2D eigenvalue weighted by Crippen LogP contribution is -2.52. The number of aliphatic imine (C=N–C) groups is 1. The highest BCUT2D eigenvalue weighted by molar-refractivity contribution is 14.0. The number of rotatable bonds is 6. The van der Waals surface area contributed by atoms with Crippen molar-refractivity contribution in [3.8, 4) is 11.5 Å². The number of hydrogen-bond donors (Lipinski definition) is 2. The van der Waals surface area contributed by atoms with Crippen LogP contribution < -0.4 is 14.8 Å². The second-order valence-corrected chi connectivity index (χ2v) is 6.93. The molecule has 1 saturated heterocycles. The summed E-state index contributed by atoms with van der Waals surface area (Å²) in [6.07, 6.45) is 0. The Labute approximate surface area is 178 Å². The molecule has 0 bridgehead atoms. The molecule has 1 unspecified atom stereocenters. The second-order valence-electron chi connectivity index (χ2n) is 6.93. The zero-order valence-electron chi connectivity index (χ0n) is 16.2. The molecule has 2 N–H and O–H groups in total. The molecule has 1 aromatic carbocycles. The predicted molar refractivity (Wildman–Crippen MR) is 117 cm³/mol. The molecule has 1 aromatic rings. The molecule has 0 radical (unpaired) electrons. The third-order valence-electron chi connectivity index (χ3n) is 4.71. The van der Waals surface area contributed by atoms with Crippen molar-refractivity contribution in [3.05, 3.63) is 23.8 Å². The molecule has 0 aromatic heterocycles. The van der Waals surface area contributed by atoms with E-state index in [0.29, 0.717) is 13.3 Å². The average Bonchev–Trinajstić information content (AvgIpc) is 3.13. The van der Waals surface area contributed by atoms with Gasteiger partial charge in [-0.3, -0.25) is 9.89 Å². The molecule has 27 heavy (non-hydrogen) atoms. The third kappa shape index (κ3) is 6.11. The summed E-state index contributed by atoms with van der Waals surface area (Å²) in [5.41, 5.74) is 1.25. The average molecular weight is 490 g/mol. The minimum atomic E-state index is 0. The first-order valence-corrected chi connectivity index (χ1v) is 9.44. The molecule has 8 heteroatoms. The Bertz CT molecular complexity index is 621. The number of ether oxygens (including phenoxy) is 2.